The first-order chi connectivity index (χ1) is 8.04. The Bertz CT molecular complexity index is 401. The number of carbonyl (C=O) groups excluding carboxylic acids is 1. The summed E-state index contributed by atoms with van der Waals surface area (Å²) >= 11 is 15.0. The molecule has 0 aromatic heterocycles. The summed E-state index contributed by atoms with van der Waals surface area (Å²) < 4.78 is 5.56. The molecular formula is C11H12BrCl2NO2. The summed E-state index contributed by atoms with van der Waals surface area (Å²) in [5, 5.41) is 2.98. The molecule has 1 unspecified atom stereocenters. The Kier molecular flexibility index (Phi) is 6.27. The lowest BCUT2D eigenvalue weighted by molar-refractivity contribution is 0.0948. The van der Waals surface area contributed by atoms with E-state index in [1.165, 1.54) is 0 Å². The van der Waals surface area contributed by atoms with Crippen LogP contribution in [0.4, 0.5) is 0 Å². The molecule has 1 aromatic carbocycles. The zero-order valence-corrected chi connectivity index (χ0v) is 12.3. The van der Waals surface area contributed by atoms with Crippen molar-refractivity contribution in [3.8, 4) is 0 Å². The second-order valence-corrected chi connectivity index (χ2v) is 5.29. The maximum atomic E-state index is 11.8. The van der Waals surface area contributed by atoms with E-state index in [9.17, 15) is 4.79 Å². The van der Waals surface area contributed by atoms with E-state index in [0.29, 0.717) is 28.2 Å². The number of rotatable bonds is 5. The highest BCUT2D eigenvalue weighted by Crippen LogP contribution is 2.20. The molecule has 1 amide bonds. The number of nitrogens with one attached hydrogen (secondary N) is 1. The third-order valence-electron chi connectivity index (χ3n) is 2.00. The van der Waals surface area contributed by atoms with Gasteiger partial charge in [-0.15, -0.1) is 11.6 Å². The highest BCUT2D eigenvalue weighted by Gasteiger charge is 2.12. The summed E-state index contributed by atoms with van der Waals surface area (Å²) in [6, 6.07) is 5.03. The molecule has 1 atom stereocenters. The van der Waals surface area contributed by atoms with Gasteiger partial charge >= 0.3 is 0 Å². The van der Waals surface area contributed by atoms with Crippen LogP contribution in [0.3, 0.4) is 0 Å². The number of alkyl halides is 1. The molecule has 0 aliphatic rings. The molecule has 0 aliphatic carbocycles. The van der Waals surface area contributed by atoms with Gasteiger partial charge in [0.2, 0.25) is 0 Å². The van der Waals surface area contributed by atoms with E-state index in [4.69, 9.17) is 27.9 Å². The molecule has 0 saturated heterocycles. The first kappa shape index (κ1) is 14.8. The first-order valence-corrected chi connectivity index (χ1v) is 6.51. The van der Waals surface area contributed by atoms with E-state index in [1.807, 2.05) is 0 Å². The van der Waals surface area contributed by atoms with Crippen molar-refractivity contribution < 1.29 is 9.53 Å². The van der Waals surface area contributed by atoms with E-state index in [-0.39, 0.29) is 11.3 Å². The fourth-order valence-corrected chi connectivity index (χ4v) is 2.01. The molecule has 3 nitrogen and oxygen atoms in total. The third-order valence-corrected chi connectivity index (χ3v) is 3.21. The van der Waals surface area contributed by atoms with Crippen molar-refractivity contribution in [3.63, 3.8) is 0 Å². The minimum atomic E-state index is -0.248. The van der Waals surface area contributed by atoms with Crippen molar-refractivity contribution in [1.82, 2.24) is 5.32 Å². The van der Waals surface area contributed by atoms with Crippen LogP contribution in [0.2, 0.25) is 5.02 Å². The average Bonchev–Trinajstić information content (AvgIpc) is 2.29. The van der Waals surface area contributed by atoms with Gasteiger partial charge in [-0.25, -0.2) is 0 Å². The fraction of sp³-hybridized carbons (Fsp3) is 0.364. The van der Waals surface area contributed by atoms with E-state index in [2.05, 4.69) is 21.2 Å². The monoisotopic (exact) mass is 339 g/mol. The van der Waals surface area contributed by atoms with Gasteiger partial charge in [0.15, 0.2) is 0 Å². The number of hydrogen-bond donors (Lipinski definition) is 1. The number of amides is 1. The van der Waals surface area contributed by atoms with Gasteiger partial charge in [0.1, 0.15) is 0 Å². The van der Waals surface area contributed by atoms with E-state index < -0.39 is 0 Å². The zero-order chi connectivity index (χ0) is 12.8. The van der Waals surface area contributed by atoms with Crippen LogP contribution in [0.25, 0.3) is 0 Å². The summed E-state index contributed by atoms with van der Waals surface area (Å²) in [6.07, 6.45) is 0. The quantitative estimate of drug-likeness (QED) is 0.836. The van der Waals surface area contributed by atoms with Gasteiger partial charge in [0, 0.05) is 23.1 Å². The van der Waals surface area contributed by atoms with Crippen LogP contribution in [-0.2, 0) is 4.74 Å². The number of benzene rings is 1. The standard InChI is InChI=1S/C11H12BrCl2NO2/c1-17-6-8(14)5-15-11(16)9-4-7(13)2-3-10(9)12/h2-4,8H,5-6H2,1H3,(H,15,16). The van der Waals surface area contributed by atoms with Crippen molar-refractivity contribution in [2.45, 2.75) is 5.38 Å². The van der Waals surface area contributed by atoms with Crippen LogP contribution in [-0.4, -0.2) is 31.5 Å². The Morgan fingerprint density at radius 1 is 1.59 bits per heavy atom. The Morgan fingerprint density at radius 3 is 2.94 bits per heavy atom. The largest absolute Gasteiger partial charge is 0.383 e. The number of carbonyl (C=O) groups is 1. The van der Waals surface area contributed by atoms with Crippen LogP contribution in [0.15, 0.2) is 22.7 Å². The van der Waals surface area contributed by atoms with Gasteiger partial charge in [-0.2, -0.15) is 0 Å². The second kappa shape index (κ2) is 7.21. The smallest absolute Gasteiger partial charge is 0.252 e. The van der Waals surface area contributed by atoms with Gasteiger partial charge in [0.05, 0.1) is 17.5 Å². The molecule has 17 heavy (non-hydrogen) atoms. The lowest BCUT2D eigenvalue weighted by Crippen LogP contribution is -2.31. The number of ether oxygens (including phenoxy) is 1. The van der Waals surface area contributed by atoms with Crippen molar-refractivity contribution in [3.05, 3.63) is 33.3 Å². The molecule has 1 rings (SSSR count). The maximum Gasteiger partial charge on any atom is 0.252 e. The summed E-state index contributed by atoms with van der Waals surface area (Å²) in [5.41, 5.74) is 0.485. The Hall–Kier alpha value is -0.290. The van der Waals surface area contributed by atoms with Crippen LogP contribution < -0.4 is 5.32 Å². The molecular weight excluding hydrogens is 329 g/mol. The maximum absolute atomic E-state index is 11.8. The highest BCUT2D eigenvalue weighted by molar-refractivity contribution is 9.10. The topological polar surface area (TPSA) is 38.3 Å². The number of methoxy groups -OCH3 is 1. The van der Waals surface area contributed by atoms with Gasteiger partial charge < -0.3 is 10.1 Å². The Morgan fingerprint density at radius 2 is 2.29 bits per heavy atom. The minimum absolute atomic E-state index is 0.221. The van der Waals surface area contributed by atoms with Crippen molar-refractivity contribution in [1.29, 1.82) is 0 Å². The van der Waals surface area contributed by atoms with Gasteiger partial charge in [-0.05, 0) is 34.1 Å². The molecule has 0 aliphatic heterocycles. The van der Waals surface area contributed by atoms with Gasteiger partial charge in [0.25, 0.3) is 5.91 Å². The normalized spacial score (nSPS) is 12.2. The van der Waals surface area contributed by atoms with E-state index >= 15 is 0 Å². The molecule has 0 bridgehead atoms. The molecule has 0 radical (unpaired) electrons. The summed E-state index contributed by atoms with van der Waals surface area (Å²) in [7, 11) is 1.56. The van der Waals surface area contributed by atoms with Crippen molar-refractivity contribution in [2.75, 3.05) is 20.3 Å². The third kappa shape index (κ3) is 4.84. The zero-order valence-electron chi connectivity index (χ0n) is 9.17. The van der Waals surface area contributed by atoms with Crippen molar-refractivity contribution >= 4 is 45.0 Å². The predicted molar refractivity (Wildman–Crippen MR) is 73.0 cm³/mol. The molecule has 94 valence electrons. The molecule has 0 spiro atoms. The van der Waals surface area contributed by atoms with Crippen LogP contribution in [0.1, 0.15) is 10.4 Å². The average molecular weight is 341 g/mol. The summed E-state index contributed by atoms with van der Waals surface area (Å²) in [5.74, 6) is -0.221. The van der Waals surface area contributed by atoms with Gasteiger partial charge in [-0.3, -0.25) is 4.79 Å². The molecule has 0 fully saturated rings. The Labute approximate surface area is 119 Å². The van der Waals surface area contributed by atoms with Crippen LogP contribution in [0, 0.1) is 0 Å². The highest BCUT2D eigenvalue weighted by atomic mass is 79.9. The SMILES string of the molecule is COCC(Cl)CNC(=O)c1cc(Cl)ccc1Br. The lowest BCUT2D eigenvalue weighted by atomic mass is 10.2. The molecule has 6 heteroatoms. The molecule has 0 heterocycles. The minimum Gasteiger partial charge on any atom is -0.383 e. The van der Waals surface area contributed by atoms with E-state index in [1.54, 1.807) is 25.3 Å². The number of halogens is 3. The van der Waals surface area contributed by atoms with Crippen LogP contribution in [0.5, 0.6) is 0 Å². The first-order valence-electron chi connectivity index (χ1n) is 4.91. The molecule has 1 aromatic rings. The lowest BCUT2D eigenvalue weighted by Gasteiger charge is -2.10. The fourth-order valence-electron chi connectivity index (χ4n) is 1.21. The summed E-state index contributed by atoms with van der Waals surface area (Å²) in [6.45, 7) is 0.728. The summed E-state index contributed by atoms with van der Waals surface area (Å²) in [4.78, 5) is 11.8. The molecule has 0 saturated carbocycles. The number of hydrogen-bond acceptors (Lipinski definition) is 2. The predicted octanol–water partition coefficient (Wildman–Crippen LogP) is 3.09. The second-order valence-electron chi connectivity index (χ2n) is 3.39. The van der Waals surface area contributed by atoms with Gasteiger partial charge in [-0.1, -0.05) is 11.6 Å². The van der Waals surface area contributed by atoms with Crippen molar-refractivity contribution in [2.24, 2.45) is 0 Å². The molecule has 1 N–H and O–H groups in total. The van der Waals surface area contributed by atoms with Crippen LogP contribution >= 0.6 is 39.1 Å². The Balaban J connectivity index is 2.61. The van der Waals surface area contributed by atoms with E-state index in [0.717, 1.165) is 0 Å².